The van der Waals surface area contributed by atoms with Crippen molar-refractivity contribution in [3.63, 3.8) is 0 Å². The van der Waals surface area contributed by atoms with Crippen LogP contribution in [0.4, 0.5) is 11.4 Å². The zero-order valence-corrected chi connectivity index (χ0v) is 14.2. The molecule has 0 unspecified atom stereocenters. The minimum Gasteiger partial charge on any atom is -0.326 e. The second-order valence-electron chi connectivity index (χ2n) is 5.73. The molecule has 132 valence electrons. The van der Waals surface area contributed by atoms with E-state index in [1.807, 2.05) is 6.07 Å². The quantitative estimate of drug-likeness (QED) is 0.739. The predicted octanol–water partition coefficient (Wildman–Crippen LogP) is 2.38. The average Bonchev–Trinajstić information content (AvgIpc) is 2.64. The Labute approximate surface area is 149 Å². The molecule has 0 bridgehead atoms. The fourth-order valence-corrected chi connectivity index (χ4v) is 2.50. The molecule has 26 heavy (non-hydrogen) atoms. The molecule has 0 aliphatic rings. The minimum atomic E-state index is -0.381. The van der Waals surface area contributed by atoms with Gasteiger partial charge in [0.05, 0.1) is 11.6 Å². The Morgan fingerprint density at radius 1 is 1.00 bits per heavy atom. The number of carbonyl (C=O) groups excluding carboxylic acids is 2. The van der Waals surface area contributed by atoms with E-state index in [9.17, 15) is 14.4 Å². The van der Waals surface area contributed by atoms with Gasteiger partial charge in [0.1, 0.15) is 6.54 Å². The number of aromatic nitrogens is 2. The first-order chi connectivity index (χ1) is 12.6. The van der Waals surface area contributed by atoms with Crippen molar-refractivity contribution in [3.05, 3.63) is 65.1 Å². The molecule has 1 heterocycles. The van der Waals surface area contributed by atoms with E-state index in [0.29, 0.717) is 23.2 Å². The molecule has 2 N–H and O–H groups in total. The van der Waals surface area contributed by atoms with Gasteiger partial charge in [-0.1, -0.05) is 31.2 Å². The van der Waals surface area contributed by atoms with Gasteiger partial charge in [0.15, 0.2) is 0 Å². The lowest BCUT2D eigenvalue weighted by atomic mass is 10.2. The first-order valence-corrected chi connectivity index (χ1v) is 8.21. The maximum atomic E-state index is 12.4. The van der Waals surface area contributed by atoms with E-state index in [4.69, 9.17) is 0 Å². The lowest BCUT2D eigenvalue weighted by Gasteiger charge is -2.09. The monoisotopic (exact) mass is 350 g/mol. The van der Waals surface area contributed by atoms with Crippen LogP contribution in [-0.2, 0) is 16.1 Å². The number of rotatable bonds is 5. The van der Waals surface area contributed by atoms with Crippen LogP contribution in [-0.4, -0.2) is 21.6 Å². The van der Waals surface area contributed by atoms with Crippen LogP contribution in [0.5, 0.6) is 0 Å². The number of hydrogen-bond donors (Lipinski definition) is 2. The molecule has 7 nitrogen and oxygen atoms in total. The lowest BCUT2D eigenvalue weighted by Crippen LogP contribution is -2.29. The van der Waals surface area contributed by atoms with Gasteiger partial charge in [0.25, 0.3) is 5.56 Å². The Hall–Kier alpha value is -3.48. The van der Waals surface area contributed by atoms with Crippen molar-refractivity contribution >= 4 is 34.0 Å². The Bertz CT molecular complexity index is 1030. The van der Waals surface area contributed by atoms with E-state index in [2.05, 4.69) is 15.7 Å². The van der Waals surface area contributed by atoms with Crippen molar-refractivity contribution < 1.29 is 9.59 Å². The molecule has 0 aliphatic carbocycles. The van der Waals surface area contributed by atoms with Gasteiger partial charge in [-0.05, 0) is 24.3 Å². The summed E-state index contributed by atoms with van der Waals surface area (Å²) >= 11 is 0. The Balaban J connectivity index is 1.73. The number of hydrogen-bond acceptors (Lipinski definition) is 4. The molecule has 0 fully saturated rings. The topological polar surface area (TPSA) is 93.1 Å². The van der Waals surface area contributed by atoms with Crippen molar-refractivity contribution in [2.45, 2.75) is 19.9 Å². The zero-order chi connectivity index (χ0) is 18.5. The third-order valence-corrected chi connectivity index (χ3v) is 3.81. The third-order valence-electron chi connectivity index (χ3n) is 3.81. The fourth-order valence-electron chi connectivity index (χ4n) is 2.50. The number of carbonyl (C=O) groups is 2. The van der Waals surface area contributed by atoms with Gasteiger partial charge in [-0.3, -0.25) is 14.4 Å². The van der Waals surface area contributed by atoms with Crippen LogP contribution >= 0.6 is 0 Å². The highest BCUT2D eigenvalue weighted by Crippen LogP contribution is 2.15. The van der Waals surface area contributed by atoms with Crippen molar-refractivity contribution in [1.82, 2.24) is 9.78 Å². The maximum absolute atomic E-state index is 12.4. The first-order valence-electron chi connectivity index (χ1n) is 8.21. The van der Waals surface area contributed by atoms with E-state index in [1.165, 1.54) is 0 Å². The molecule has 3 aromatic rings. The molecule has 0 aliphatic heterocycles. The molecule has 0 saturated carbocycles. The molecule has 2 aromatic carbocycles. The molecular formula is C19H18N4O3. The van der Waals surface area contributed by atoms with Crippen LogP contribution in [0.15, 0.2) is 59.5 Å². The van der Waals surface area contributed by atoms with Crippen LogP contribution in [0.2, 0.25) is 0 Å². The first kappa shape index (κ1) is 17.3. The van der Waals surface area contributed by atoms with Gasteiger partial charge in [-0.25, -0.2) is 4.68 Å². The molecule has 7 heteroatoms. The number of anilines is 2. The highest BCUT2D eigenvalue weighted by Gasteiger charge is 2.09. The van der Waals surface area contributed by atoms with E-state index in [0.717, 1.165) is 10.1 Å². The summed E-state index contributed by atoms with van der Waals surface area (Å²) in [4.78, 5) is 36.1. The van der Waals surface area contributed by atoms with Crippen molar-refractivity contribution in [1.29, 1.82) is 0 Å². The maximum Gasteiger partial charge on any atom is 0.275 e. The standard InChI is InChI=1S/C19H18N4O3/c1-2-17(24)21-14-7-5-8-15(10-14)22-18(25)12-23-19(26)16-9-4-3-6-13(16)11-20-23/h3-11H,2,12H2,1H3,(H,21,24)(H,22,25). The smallest absolute Gasteiger partial charge is 0.275 e. The van der Waals surface area contributed by atoms with Gasteiger partial charge in [-0.2, -0.15) is 5.10 Å². The van der Waals surface area contributed by atoms with Crippen LogP contribution in [0.1, 0.15) is 13.3 Å². The van der Waals surface area contributed by atoms with Crippen LogP contribution < -0.4 is 16.2 Å². The second-order valence-corrected chi connectivity index (χ2v) is 5.73. The highest BCUT2D eigenvalue weighted by molar-refractivity contribution is 5.94. The molecule has 0 atom stereocenters. The predicted molar refractivity (Wildman–Crippen MR) is 100.0 cm³/mol. The van der Waals surface area contributed by atoms with Gasteiger partial charge in [-0.15, -0.1) is 0 Å². The number of nitrogens with one attached hydrogen (secondary N) is 2. The Morgan fingerprint density at radius 2 is 1.69 bits per heavy atom. The molecule has 0 spiro atoms. The van der Waals surface area contributed by atoms with Crippen LogP contribution in [0.25, 0.3) is 10.8 Å². The van der Waals surface area contributed by atoms with Gasteiger partial charge < -0.3 is 10.6 Å². The summed E-state index contributed by atoms with van der Waals surface area (Å²) < 4.78 is 1.13. The zero-order valence-electron chi connectivity index (χ0n) is 14.2. The molecular weight excluding hydrogens is 332 g/mol. The van der Waals surface area contributed by atoms with Gasteiger partial charge >= 0.3 is 0 Å². The summed E-state index contributed by atoms with van der Waals surface area (Å²) in [6.45, 7) is 1.56. The van der Waals surface area contributed by atoms with Crippen LogP contribution in [0, 0.1) is 0 Å². The van der Waals surface area contributed by atoms with Crippen molar-refractivity contribution in [3.8, 4) is 0 Å². The van der Waals surface area contributed by atoms with E-state index < -0.39 is 0 Å². The summed E-state index contributed by atoms with van der Waals surface area (Å²) in [6, 6.07) is 13.9. The van der Waals surface area contributed by atoms with E-state index in [1.54, 1.807) is 55.6 Å². The molecule has 2 amide bonds. The summed E-state index contributed by atoms with van der Waals surface area (Å²) in [5, 5.41) is 10.7. The molecule has 1 aromatic heterocycles. The Morgan fingerprint density at radius 3 is 2.42 bits per heavy atom. The number of nitrogens with zero attached hydrogens (tertiary/aromatic N) is 2. The van der Waals surface area contributed by atoms with E-state index in [-0.39, 0.29) is 23.9 Å². The second kappa shape index (κ2) is 7.60. The van der Waals surface area contributed by atoms with Gasteiger partial charge in [0.2, 0.25) is 11.8 Å². The SMILES string of the molecule is CCC(=O)Nc1cccc(NC(=O)Cn2ncc3ccccc3c2=O)c1. The molecule has 0 radical (unpaired) electrons. The number of fused-ring (bicyclic) bond motifs is 1. The third kappa shape index (κ3) is 3.94. The minimum absolute atomic E-state index is 0.111. The summed E-state index contributed by atoms with van der Waals surface area (Å²) in [6.07, 6.45) is 1.93. The largest absolute Gasteiger partial charge is 0.326 e. The summed E-state index contributed by atoms with van der Waals surface area (Å²) in [5.74, 6) is -0.491. The summed E-state index contributed by atoms with van der Waals surface area (Å²) in [5.41, 5.74) is 0.801. The normalized spacial score (nSPS) is 10.5. The van der Waals surface area contributed by atoms with Crippen molar-refractivity contribution in [2.75, 3.05) is 10.6 Å². The Kier molecular flexibility index (Phi) is 5.07. The lowest BCUT2D eigenvalue weighted by molar-refractivity contribution is -0.117. The molecule has 0 saturated heterocycles. The summed E-state index contributed by atoms with van der Waals surface area (Å²) in [7, 11) is 0. The number of amides is 2. The van der Waals surface area contributed by atoms with Crippen LogP contribution in [0.3, 0.4) is 0 Å². The van der Waals surface area contributed by atoms with E-state index >= 15 is 0 Å². The van der Waals surface area contributed by atoms with Gasteiger partial charge in [0, 0.05) is 23.2 Å². The molecule has 3 rings (SSSR count). The van der Waals surface area contributed by atoms with Crippen molar-refractivity contribution in [2.24, 2.45) is 0 Å². The fraction of sp³-hybridized carbons (Fsp3) is 0.158. The number of benzene rings is 2. The highest BCUT2D eigenvalue weighted by atomic mass is 16.2. The average molecular weight is 350 g/mol.